The number of amides is 2. The first-order valence-corrected chi connectivity index (χ1v) is 11.6. The van der Waals surface area contributed by atoms with Gasteiger partial charge in [-0.1, -0.05) is 18.2 Å². The molecule has 35 heavy (non-hydrogen) atoms. The van der Waals surface area contributed by atoms with E-state index in [9.17, 15) is 9.59 Å². The molecule has 2 aromatic carbocycles. The molecule has 4 aliphatic heterocycles. The van der Waals surface area contributed by atoms with Crippen LogP contribution in [-0.4, -0.2) is 57.6 Å². The monoisotopic (exact) mass is 478 g/mol. The molecular formula is C26H26N2O7. The van der Waals surface area contributed by atoms with Crippen LogP contribution < -0.4 is 29.2 Å². The number of anilines is 1. The van der Waals surface area contributed by atoms with Crippen LogP contribution in [-0.2, 0) is 20.7 Å². The largest absolute Gasteiger partial charge is 0.493 e. The molecule has 0 radical (unpaired) electrons. The SMILES string of the molecule is COc1ccc(CCNC(=O)[C@H]2[C@H]3C=C[C@@]4(CN(c5ccc6c(c5)OCO6)C(=O)[C@@H]24)O3)cc1OC. The number of fused-ring (bicyclic) bond motifs is 2. The molecule has 4 heterocycles. The molecule has 4 atom stereocenters. The van der Waals surface area contributed by atoms with Gasteiger partial charge < -0.3 is 33.9 Å². The minimum atomic E-state index is -0.788. The molecule has 0 saturated carbocycles. The minimum Gasteiger partial charge on any atom is -0.493 e. The zero-order valence-corrected chi connectivity index (χ0v) is 19.5. The van der Waals surface area contributed by atoms with Crippen LogP contribution in [0.4, 0.5) is 5.69 Å². The van der Waals surface area contributed by atoms with Crippen molar-refractivity contribution in [2.24, 2.45) is 11.8 Å². The number of carbonyl (C=O) groups excluding carboxylic acids is 2. The van der Waals surface area contributed by atoms with Crippen LogP contribution in [0, 0.1) is 11.8 Å². The first-order chi connectivity index (χ1) is 17.0. The van der Waals surface area contributed by atoms with Crippen molar-refractivity contribution in [3.63, 3.8) is 0 Å². The first-order valence-electron chi connectivity index (χ1n) is 11.6. The third kappa shape index (κ3) is 3.41. The Kier molecular flexibility index (Phi) is 5.10. The van der Waals surface area contributed by atoms with E-state index in [1.807, 2.05) is 36.4 Å². The lowest BCUT2D eigenvalue weighted by Crippen LogP contribution is -2.44. The van der Waals surface area contributed by atoms with Crippen molar-refractivity contribution in [3.05, 3.63) is 54.1 Å². The highest BCUT2D eigenvalue weighted by atomic mass is 16.7. The summed E-state index contributed by atoms with van der Waals surface area (Å²) in [6.45, 7) is 0.956. The number of methoxy groups -OCH3 is 2. The summed E-state index contributed by atoms with van der Waals surface area (Å²) in [5.41, 5.74) is 0.925. The van der Waals surface area contributed by atoms with Gasteiger partial charge in [0.2, 0.25) is 18.6 Å². The fourth-order valence-corrected chi connectivity index (χ4v) is 5.55. The van der Waals surface area contributed by atoms with Crippen LogP contribution in [0.15, 0.2) is 48.6 Å². The van der Waals surface area contributed by atoms with Gasteiger partial charge in [-0.2, -0.15) is 0 Å². The fraction of sp³-hybridized carbons (Fsp3) is 0.385. The molecule has 2 fully saturated rings. The van der Waals surface area contributed by atoms with Crippen molar-refractivity contribution in [1.29, 1.82) is 0 Å². The normalized spacial score (nSPS) is 27.3. The lowest BCUT2D eigenvalue weighted by atomic mass is 9.77. The van der Waals surface area contributed by atoms with Crippen molar-refractivity contribution in [3.8, 4) is 23.0 Å². The third-order valence-electron chi connectivity index (χ3n) is 7.23. The Bertz CT molecular complexity index is 1230. The number of nitrogens with one attached hydrogen (secondary N) is 1. The standard InChI is InChI=1S/C26H26N2O7/c1-31-17-5-3-15(11-20(17)32-2)8-10-27-24(29)22-19-7-9-26(35-19)13-28(25(30)23(22)26)16-4-6-18-21(12-16)34-14-33-18/h3-7,9,11-12,19,22-23H,8,10,13-14H2,1-2H3,(H,27,29)/t19-,22+,23-,26+/m1/s1. The lowest BCUT2D eigenvalue weighted by Gasteiger charge is -2.23. The second-order valence-electron chi connectivity index (χ2n) is 9.09. The summed E-state index contributed by atoms with van der Waals surface area (Å²) in [7, 11) is 3.18. The van der Waals surface area contributed by atoms with Crippen molar-refractivity contribution in [1.82, 2.24) is 5.32 Å². The van der Waals surface area contributed by atoms with Crippen LogP contribution in [0.2, 0.25) is 0 Å². The average Bonchev–Trinajstić information content (AvgIpc) is 3.64. The van der Waals surface area contributed by atoms with Crippen LogP contribution in [0.5, 0.6) is 23.0 Å². The van der Waals surface area contributed by atoms with Gasteiger partial charge in [0.05, 0.1) is 38.7 Å². The highest BCUT2D eigenvalue weighted by Gasteiger charge is 2.67. The zero-order chi connectivity index (χ0) is 24.2. The fourth-order valence-electron chi connectivity index (χ4n) is 5.55. The smallest absolute Gasteiger partial charge is 0.234 e. The van der Waals surface area contributed by atoms with Gasteiger partial charge in [-0.3, -0.25) is 9.59 Å². The van der Waals surface area contributed by atoms with E-state index >= 15 is 0 Å². The molecule has 2 bridgehead atoms. The maximum absolute atomic E-state index is 13.5. The van der Waals surface area contributed by atoms with E-state index in [4.69, 9.17) is 23.7 Å². The number of hydrogen-bond donors (Lipinski definition) is 1. The number of hydrogen-bond acceptors (Lipinski definition) is 7. The van der Waals surface area contributed by atoms with Gasteiger partial charge in [0.15, 0.2) is 23.0 Å². The van der Waals surface area contributed by atoms with Gasteiger partial charge in [0.25, 0.3) is 0 Å². The number of benzene rings is 2. The topological polar surface area (TPSA) is 95.6 Å². The maximum Gasteiger partial charge on any atom is 0.234 e. The molecule has 9 nitrogen and oxygen atoms in total. The molecule has 2 amide bonds. The molecule has 9 heteroatoms. The van der Waals surface area contributed by atoms with E-state index in [1.165, 1.54) is 0 Å². The average molecular weight is 479 g/mol. The molecule has 1 N–H and O–H groups in total. The van der Waals surface area contributed by atoms with E-state index < -0.39 is 23.5 Å². The van der Waals surface area contributed by atoms with Gasteiger partial charge >= 0.3 is 0 Å². The Morgan fingerprint density at radius 3 is 2.77 bits per heavy atom. The van der Waals surface area contributed by atoms with Crippen molar-refractivity contribution in [2.45, 2.75) is 18.1 Å². The molecule has 4 aliphatic rings. The van der Waals surface area contributed by atoms with Crippen LogP contribution in [0.1, 0.15) is 5.56 Å². The quantitative estimate of drug-likeness (QED) is 0.609. The Labute approximate surface area is 202 Å². The number of rotatable bonds is 7. The first kappa shape index (κ1) is 21.8. The number of carbonyl (C=O) groups is 2. The maximum atomic E-state index is 13.5. The minimum absolute atomic E-state index is 0.115. The summed E-state index contributed by atoms with van der Waals surface area (Å²) < 4.78 is 27.7. The Morgan fingerprint density at radius 1 is 1.11 bits per heavy atom. The highest BCUT2D eigenvalue weighted by molar-refractivity contribution is 6.03. The molecular weight excluding hydrogens is 452 g/mol. The molecule has 0 aromatic heterocycles. The van der Waals surface area contributed by atoms with Gasteiger partial charge in [-0.15, -0.1) is 0 Å². The molecule has 0 unspecified atom stereocenters. The highest BCUT2D eigenvalue weighted by Crippen LogP contribution is 2.53. The van der Waals surface area contributed by atoms with Crippen LogP contribution in [0.3, 0.4) is 0 Å². The summed E-state index contributed by atoms with van der Waals surface area (Å²) >= 11 is 0. The Balaban J connectivity index is 1.15. The molecule has 0 aliphatic carbocycles. The van der Waals surface area contributed by atoms with Gasteiger partial charge in [0.1, 0.15) is 5.60 Å². The van der Waals surface area contributed by atoms with E-state index in [2.05, 4.69) is 5.32 Å². The zero-order valence-electron chi connectivity index (χ0n) is 19.5. The third-order valence-corrected chi connectivity index (χ3v) is 7.23. The second kappa shape index (κ2) is 8.20. The Morgan fingerprint density at radius 2 is 1.94 bits per heavy atom. The van der Waals surface area contributed by atoms with Crippen molar-refractivity contribution >= 4 is 17.5 Å². The van der Waals surface area contributed by atoms with E-state index in [-0.39, 0.29) is 18.6 Å². The van der Waals surface area contributed by atoms with E-state index in [0.29, 0.717) is 48.2 Å². The molecule has 2 saturated heterocycles. The lowest BCUT2D eigenvalue weighted by molar-refractivity contribution is -0.131. The van der Waals surface area contributed by atoms with E-state index in [1.54, 1.807) is 31.3 Å². The van der Waals surface area contributed by atoms with Crippen LogP contribution in [0.25, 0.3) is 0 Å². The van der Waals surface area contributed by atoms with Gasteiger partial charge in [-0.05, 0) is 36.2 Å². The van der Waals surface area contributed by atoms with Crippen molar-refractivity contribution in [2.75, 3.05) is 39.0 Å². The summed E-state index contributed by atoms with van der Waals surface area (Å²) in [5, 5.41) is 3.01. The molecule has 182 valence electrons. The predicted octanol–water partition coefficient (Wildman–Crippen LogP) is 2.08. The number of ether oxygens (including phenoxy) is 5. The summed E-state index contributed by atoms with van der Waals surface area (Å²) in [6.07, 6.45) is 4.07. The molecule has 2 aromatic rings. The van der Waals surface area contributed by atoms with Gasteiger partial charge in [0, 0.05) is 18.3 Å². The van der Waals surface area contributed by atoms with Crippen LogP contribution >= 0.6 is 0 Å². The number of nitrogens with zero attached hydrogens (tertiary/aromatic N) is 1. The second-order valence-corrected chi connectivity index (χ2v) is 9.09. The summed E-state index contributed by atoms with van der Waals surface area (Å²) in [5.74, 6) is 1.13. The summed E-state index contributed by atoms with van der Waals surface area (Å²) in [6, 6.07) is 11.1. The predicted molar refractivity (Wildman–Crippen MR) is 125 cm³/mol. The Hall–Kier alpha value is -3.72. The molecule has 1 spiro atoms. The van der Waals surface area contributed by atoms with Crippen molar-refractivity contribution < 1.29 is 33.3 Å². The van der Waals surface area contributed by atoms with E-state index in [0.717, 1.165) is 5.56 Å². The van der Waals surface area contributed by atoms with Gasteiger partial charge in [-0.25, -0.2) is 0 Å². The summed E-state index contributed by atoms with van der Waals surface area (Å²) in [4.78, 5) is 28.5. The molecule has 6 rings (SSSR count).